The molecule has 0 spiro atoms. The van der Waals surface area contributed by atoms with Crippen LogP contribution in [0.25, 0.3) is 103 Å². The lowest BCUT2D eigenvalue weighted by molar-refractivity contribution is 0.811. The molecule has 0 atom stereocenters. The Bertz CT molecular complexity index is 3810. The lowest BCUT2D eigenvalue weighted by Gasteiger charge is -2.21. The van der Waals surface area contributed by atoms with Gasteiger partial charge in [0.15, 0.2) is 0 Å². The van der Waals surface area contributed by atoms with Crippen molar-refractivity contribution in [2.45, 2.75) is 12.3 Å². The van der Waals surface area contributed by atoms with Crippen molar-refractivity contribution in [2.24, 2.45) is 0 Å². The Labute approximate surface area is 435 Å². The van der Waals surface area contributed by atoms with Gasteiger partial charge in [-0.1, -0.05) is 279 Å². The molecule has 0 unspecified atom stereocenters. The van der Waals surface area contributed by atoms with Crippen LogP contribution in [0.3, 0.4) is 0 Å². The number of hydrogen-bond donors (Lipinski definition) is 0. The summed E-state index contributed by atoms with van der Waals surface area (Å²) >= 11 is 0. The van der Waals surface area contributed by atoms with Gasteiger partial charge in [0.2, 0.25) is 0 Å². The molecule has 0 radical (unpaired) electrons. The van der Waals surface area contributed by atoms with Gasteiger partial charge in [0, 0.05) is 5.92 Å². The van der Waals surface area contributed by atoms with Crippen LogP contribution in [0.1, 0.15) is 61.6 Å². The fraction of sp³-hybridized carbons (Fsp3) is 0.0270. The minimum atomic E-state index is 0.235. The molecular formula is C74H52. The number of benzene rings is 11. The van der Waals surface area contributed by atoms with E-state index >= 15 is 0 Å². The van der Waals surface area contributed by atoms with Crippen LogP contribution in [0.5, 0.6) is 0 Å². The van der Waals surface area contributed by atoms with Crippen molar-refractivity contribution in [1.82, 2.24) is 0 Å². The maximum absolute atomic E-state index is 2.37. The molecule has 0 fully saturated rings. The first kappa shape index (κ1) is 44.6. The Kier molecular flexibility index (Phi) is 11.9. The summed E-state index contributed by atoms with van der Waals surface area (Å²) < 4.78 is 0. The maximum atomic E-state index is 2.37. The molecule has 13 rings (SSSR count). The normalized spacial score (nSPS) is 12.5. The van der Waals surface area contributed by atoms with Crippen molar-refractivity contribution in [1.29, 1.82) is 0 Å². The molecule has 0 nitrogen and oxygen atoms in total. The van der Waals surface area contributed by atoms with Gasteiger partial charge in [-0.25, -0.2) is 0 Å². The van der Waals surface area contributed by atoms with E-state index in [0.29, 0.717) is 0 Å². The van der Waals surface area contributed by atoms with Crippen LogP contribution < -0.4 is 0 Å². The summed E-state index contributed by atoms with van der Waals surface area (Å²) in [5, 5.41) is 0. The van der Waals surface area contributed by atoms with Crippen molar-refractivity contribution >= 4 is 36.0 Å². The molecule has 348 valence electrons. The molecule has 0 N–H and O–H groups in total. The highest BCUT2D eigenvalue weighted by molar-refractivity contribution is 6.06. The second-order valence-corrected chi connectivity index (χ2v) is 19.5. The molecule has 0 aliphatic heterocycles. The Hall–Kier alpha value is -9.36. The molecule has 0 saturated carbocycles. The minimum absolute atomic E-state index is 0.235. The van der Waals surface area contributed by atoms with E-state index in [-0.39, 0.29) is 5.92 Å². The first-order valence-corrected chi connectivity index (χ1v) is 25.8. The molecule has 0 bridgehead atoms. The summed E-state index contributed by atoms with van der Waals surface area (Å²) in [7, 11) is 0. The fourth-order valence-corrected chi connectivity index (χ4v) is 11.5. The van der Waals surface area contributed by atoms with Gasteiger partial charge in [0.05, 0.1) is 0 Å². The fourth-order valence-electron chi connectivity index (χ4n) is 11.5. The molecule has 0 aromatic heterocycles. The molecule has 11 aromatic rings. The molecule has 11 aromatic carbocycles. The number of hydrogen-bond acceptors (Lipinski definition) is 0. The van der Waals surface area contributed by atoms with Gasteiger partial charge in [-0.2, -0.15) is 0 Å². The van der Waals surface area contributed by atoms with Gasteiger partial charge in [-0.3, -0.25) is 0 Å². The number of fused-ring (bicyclic) bond motifs is 10. The quantitative estimate of drug-likeness (QED) is 0.127. The highest BCUT2D eigenvalue weighted by Crippen LogP contribution is 2.48. The zero-order valence-electron chi connectivity index (χ0n) is 41.1. The highest BCUT2D eigenvalue weighted by Gasteiger charge is 2.27. The minimum Gasteiger partial charge on any atom is -0.0622 e. The van der Waals surface area contributed by atoms with Gasteiger partial charge in [0.25, 0.3) is 0 Å². The molecule has 0 heterocycles. The van der Waals surface area contributed by atoms with Crippen LogP contribution in [-0.2, 0) is 6.42 Å². The molecule has 0 saturated heterocycles. The van der Waals surface area contributed by atoms with Crippen LogP contribution in [0.15, 0.2) is 267 Å². The Balaban J connectivity index is 0.817. The van der Waals surface area contributed by atoms with Gasteiger partial charge in [-0.05, 0) is 153 Å². The van der Waals surface area contributed by atoms with Crippen LogP contribution in [-0.4, -0.2) is 0 Å². The summed E-state index contributed by atoms with van der Waals surface area (Å²) in [5.74, 6) is 0.235. The van der Waals surface area contributed by atoms with E-state index in [2.05, 4.69) is 297 Å². The van der Waals surface area contributed by atoms with E-state index in [9.17, 15) is 0 Å². The monoisotopic (exact) mass is 940 g/mol. The molecule has 2 aliphatic rings. The van der Waals surface area contributed by atoms with Gasteiger partial charge in [-0.15, -0.1) is 0 Å². The molecule has 0 amide bonds. The zero-order chi connectivity index (χ0) is 49.2. The van der Waals surface area contributed by atoms with E-state index in [1.165, 1.54) is 117 Å². The summed E-state index contributed by atoms with van der Waals surface area (Å²) in [5.41, 5.74) is 28.7. The van der Waals surface area contributed by atoms with Crippen molar-refractivity contribution in [2.75, 3.05) is 0 Å². The Morgan fingerprint density at radius 2 is 0.581 bits per heavy atom. The lowest BCUT2D eigenvalue weighted by Crippen LogP contribution is -2.06. The van der Waals surface area contributed by atoms with Crippen LogP contribution in [0.2, 0.25) is 0 Å². The molecule has 74 heavy (non-hydrogen) atoms. The van der Waals surface area contributed by atoms with E-state index < -0.39 is 0 Å². The van der Waals surface area contributed by atoms with E-state index in [4.69, 9.17) is 0 Å². The first-order chi connectivity index (χ1) is 36.7. The predicted molar refractivity (Wildman–Crippen MR) is 315 cm³/mol. The van der Waals surface area contributed by atoms with E-state index in [1.54, 1.807) is 0 Å². The lowest BCUT2D eigenvalue weighted by atomic mass is 9.83. The second-order valence-electron chi connectivity index (χ2n) is 19.5. The SMILES string of the molecule is C(=Cc1cc(-c2ccccc2)c(C=Cc2ccc(CC3c4ccccc4-c4ccccc4-c4ccccc43)cc2)cc1-c1ccccc1)c1ccc(C=C2c3ccccc3-c3ccccc3-c3ccccc32)cc1. The smallest absolute Gasteiger partial charge is 0.0142 e. The molecule has 2 aliphatic carbocycles. The van der Waals surface area contributed by atoms with Gasteiger partial charge < -0.3 is 0 Å². The Morgan fingerprint density at radius 3 is 1.01 bits per heavy atom. The van der Waals surface area contributed by atoms with Crippen molar-refractivity contribution in [3.8, 4) is 66.8 Å². The second kappa shape index (κ2) is 19.7. The first-order valence-electron chi connectivity index (χ1n) is 25.8. The summed E-state index contributed by atoms with van der Waals surface area (Å²) in [4.78, 5) is 0. The summed E-state index contributed by atoms with van der Waals surface area (Å²) in [6.07, 6.45) is 12.4. The maximum Gasteiger partial charge on any atom is 0.0142 e. The largest absolute Gasteiger partial charge is 0.0622 e. The highest BCUT2D eigenvalue weighted by atomic mass is 14.3. The average molecular weight is 941 g/mol. The summed E-state index contributed by atoms with van der Waals surface area (Å²) in [6, 6.07) is 97.8. The van der Waals surface area contributed by atoms with Gasteiger partial charge in [0.1, 0.15) is 0 Å². The summed E-state index contributed by atoms with van der Waals surface area (Å²) in [6.45, 7) is 0. The average Bonchev–Trinajstić information content (AvgIpc) is 3.67. The molecular weight excluding hydrogens is 889 g/mol. The van der Waals surface area contributed by atoms with E-state index in [0.717, 1.165) is 17.5 Å². The standard InChI is InChI=1S/C74H52/c1-3-19-55(20-4-1)71-49-58(46-44-52-37-41-54(42-38-52)48-74-69-33-17-13-29-65(69)61-25-9-10-26-62(61)66-30-14-18-34-70(66)74)72(56-21-5-2-6-22-56)50-57(71)45-43-51-35-39-53(40-36-51)47-73-67-31-15-11-27-63(67)59-23-7-8-24-60(59)64-28-12-16-32-68(64)73/h1-47,49-50,74H,48H2. The number of rotatable bonds is 9. The Morgan fingerprint density at radius 1 is 0.257 bits per heavy atom. The van der Waals surface area contributed by atoms with Crippen LogP contribution >= 0.6 is 0 Å². The van der Waals surface area contributed by atoms with Crippen molar-refractivity contribution in [3.63, 3.8) is 0 Å². The predicted octanol–water partition coefficient (Wildman–Crippen LogP) is 19.6. The van der Waals surface area contributed by atoms with Crippen LogP contribution in [0.4, 0.5) is 0 Å². The van der Waals surface area contributed by atoms with Crippen LogP contribution in [0, 0.1) is 0 Å². The van der Waals surface area contributed by atoms with Crippen molar-refractivity contribution < 1.29 is 0 Å². The van der Waals surface area contributed by atoms with Crippen molar-refractivity contribution in [3.05, 3.63) is 323 Å². The molecule has 0 heteroatoms. The zero-order valence-corrected chi connectivity index (χ0v) is 41.1. The third kappa shape index (κ3) is 8.57. The third-order valence-electron chi connectivity index (χ3n) is 15.1. The van der Waals surface area contributed by atoms with E-state index in [1.807, 2.05) is 0 Å². The topological polar surface area (TPSA) is 0 Å². The van der Waals surface area contributed by atoms with Gasteiger partial charge >= 0.3 is 0 Å². The third-order valence-corrected chi connectivity index (χ3v) is 15.1.